The molecule has 2 rings (SSSR count). The molecular weight excluding hydrogens is 393 g/mol. The molecule has 0 saturated heterocycles. The maximum Gasteiger partial charge on any atom is 0.390 e. The Morgan fingerprint density at radius 3 is 2.67 bits per heavy atom. The minimum Gasteiger partial charge on any atom is -0.358 e. The van der Waals surface area contributed by atoms with E-state index >= 15 is 0 Å². The van der Waals surface area contributed by atoms with Crippen molar-refractivity contribution >= 4 is 21.7 Å². The van der Waals surface area contributed by atoms with Gasteiger partial charge in [-0.2, -0.15) is 4.68 Å². The van der Waals surface area contributed by atoms with Gasteiger partial charge in [-0.25, -0.2) is 13.2 Å². The molecule has 0 fully saturated rings. The molecule has 0 saturated carbocycles. The summed E-state index contributed by atoms with van der Waals surface area (Å²) in [5, 5.41) is 14.5. The van der Waals surface area contributed by atoms with Gasteiger partial charge in [0, 0.05) is 10.0 Å². The molecule has 1 atom stereocenters. The van der Waals surface area contributed by atoms with E-state index in [1.165, 1.54) is 18.2 Å². The summed E-state index contributed by atoms with van der Waals surface area (Å²) < 4.78 is 42.9. The zero-order chi connectivity index (χ0) is 18.1. The molecule has 0 amide bonds. The number of rotatable bonds is 6. The van der Waals surface area contributed by atoms with Crippen molar-refractivity contribution < 1.29 is 18.1 Å². The van der Waals surface area contributed by atoms with E-state index in [1.807, 2.05) is 0 Å². The summed E-state index contributed by atoms with van der Waals surface area (Å²) in [7, 11) is 0. The zero-order valence-corrected chi connectivity index (χ0v) is 14.1. The first kappa shape index (κ1) is 18.4. The second-order valence-electron chi connectivity index (χ2n) is 5.23. The first-order valence-electron chi connectivity index (χ1n) is 6.92. The second-order valence-corrected chi connectivity index (χ2v) is 6.14. The van der Waals surface area contributed by atoms with Gasteiger partial charge in [0.15, 0.2) is 0 Å². The first-order valence-corrected chi connectivity index (χ1v) is 7.72. The number of alkyl halides is 2. The molecule has 10 heteroatoms. The first-order chi connectivity index (χ1) is 11.2. The van der Waals surface area contributed by atoms with Crippen molar-refractivity contribution in [1.82, 2.24) is 9.78 Å². The number of nitro groups is 1. The Labute approximate surface area is 143 Å². The van der Waals surface area contributed by atoms with Crippen LogP contribution in [0.1, 0.15) is 18.2 Å². The predicted octanol–water partition coefficient (Wildman–Crippen LogP) is 3.37. The van der Waals surface area contributed by atoms with E-state index < -0.39 is 40.6 Å². The Morgan fingerprint density at radius 1 is 1.46 bits per heavy atom. The Balaban J connectivity index is 2.53. The van der Waals surface area contributed by atoms with Crippen LogP contribution in [0.2, 0.25) is 0 Å². The summed E-state index contributed by atoms with van der Waals surface area (Å²) in [6.45, 7) is 1.09. The highest BCUT2D eigenvalue weighted by Crippen LogP contribution is 2.32. The number of nitrogens with two attached hydrogens (primary N) is 1. The maximum absolute atomic E-state index is 14.1. The van der Waals surface area contributed by atoms with Crippen molar-refractivity contribution in [2.24, 2.45) is 5.73 Å². The average molecular weight is 407 g/mol. The average Bonchev–Trinajstić information content (AvgIpc) is 2.92. The molecule has 0 spiro atoms. The van der Waals surface area contributed by atoms with Gasteiger partial charge in [-0.3, -0.25) is 0 Å². The molecule has 0 aliphatic heterocycles. The zero-order valence-electron chi connectivity index (χ0n) is 12.5. The molecule has 1 heterocycles. The SMILES string of the molecule is CCc1cc([N+](=O)[O-])nn1CC(N)(c1cc(Br)ccc1F)C(F)F. The fourth-order valence-electron chi connectivity index (χ4n) is 2.32. The number of halogens is 4. The molecule has 1 unspecified atom stereocenters. The van der Waals surface area contributed by atoms with Gasteiger partial charge < -0.3 is 15.8 Å². The summed E-state index contributed by atoms with van der Waals surface area (Å²) in [5.41, 5.74) is 3.40. The topological polar surface area (TPSA) is 87.0 Å². The molecule has 0 radical (unpaired) electrons. The number of hydrogen-bond acceptors (Lipinski definition) is 4. The summed E-state index contributed by atoms with van der Waals surface area (Å²) in [4.78, 5) is 10.1. The lowest BCUT2D eigenvalue weighted by atomic mass is 9.90. The van der Waals surface area contributed by atoms with E-state index in [-0.39, 0.29) is 0 Å². The third-order valence-electron chi connectivity index (χ3n) is 3.63. The monoisotopic (exact) mass is 406 g/mol. The van der Waals surface area contributed by atoms with Crippen LogP contribution in [-0.4, -0.2) is 21.1 Å². The van der Waals surface area contributed by atoms with Crippen molar-refractivity contribution in [2.45, 2.75) is 31.9 Å². The van der Waals surface area contributed by atoms with Crippen LogP contribution in [0.5, 0.6) is 0 Å². The molecule has 1 aromatic carbocycles. The molecule has 0 aliphatic carbocycles. The van der Waals surface area contributed by atoms with Gasteiger partial charge >= 0.3 is 5.82 Å². The standard InChI is InChI=1S/C14H14BrF3N4O2/c1-2-9-6-12(22(23)24)20-21(9)7-14(19,13(17)18)10-5-8(15)3-4-11(10)16/h3-6,13H,2,7,19H2,1H3. The van der Waals surface area contributed by atoms with E-state index in [0.717, 1.165) is 10.7 Å². The third kappa shape index (κ3) is 3.44. The van der Waals surface area contributed by atoms with Crippen LogP contribution in [0.3, 0.4) is 0 Å². The molecule has 2 aromatic rings. The Kier molecular flexibility index (Phi) is 5.29. The largest absolute Gasteiger partial charge is 0.390 e. The lowest BCUT2D eigenvalue weighted by molar-refractivity contribution is -0.389. The van der Waals surface area contributed by atoms with Gasteiger partial charge in [-0.1, -0.05) is 22.9 Å². The van der Waals surface area contributed by atoms with E-state index in [1.54, 1.807) is 6.92 Å². The Hall–Kier alpha value is -1.94. The van der Waals surface area contributed by atoms with E-state index in [4.69, 9.17) is 5.73 Å². The van der Waals surface area contributed by atoms with Crippen molar-refractivity contribution in [3.05, 3.63) is 55.9 Å². The van der Waals surface area contributed by atoms with Crippen LogP contribution in [0.15, 0.2) is 28.7 Å². The summed E-state index contributed by atoms with van der Waals surface area (Å²) in [5.74, 6) is -1.36. The molecular formula is C14H14BrF3N4O2. The van der Waals surface area contributed by atoms with E-state index in [2.05, 4.69) is 21.0 Å². The summed E-state index contributed by atoms with van der Waals surface area (Å²) >= 11 is 3.10. The van der Waals surface area contributed by atoms with Crippen molar-refractivity contribution in [3.63, 3.8) is 0 Å². The second kappa shape index (κ2) is 6.89. The lowest BCUT2D eigenvalue weighted by Crippen LogP contribution is -2.48. The minimum atomic E-state index is -3.12. The van der Waals surface area contributed by atoms with Crippen LogP contribution in [0.25, 0.3) is 0 Å². The number of hydrogen-bond donors (Lipinski definition) is 1. The summed E-state index contributed by atoms with van der Waals surface area (Å²) in [6.07, 6.45) is -2.80. The Morgan fingerprint density at radius 2 is 2.12 bits per heavy atom. The third-order valence-corrected chi connectivity index (χ3v) is 4.12. The van der Waals surface area contributed by atoms with Gasteiger partial charge in [0.2, 0.25) is 0 Å². The molecule has 1 aromatic heterocycles. The number of aromatic nitrogens is 2. The minimum absolute atomic E-state index is 0.321. The van der Waals surface area contributed by atoms with E-state index in [9.17, 15) is 23.3 Å². The van der Waals surface area contributed by atoms with Crippen LogP contribution in [0, 0.1) is 15.9 Å². The van der Waals surface area contributed by atoms with Gasteiger partial charge in [0.1, 0.15) is 11.4 Å². The van der Waals surface area contributed by atoms with Gasteiger partial charge in [-0.15, -0.1) is 0 Å². The van der Waals surface area contributed by atoms with Crippen LogP contribution >= 0.6 is 15.9 Å². The highest BCUT2D eigenvalue weighted by Gasteiger charge is 2.42. The van der Waals surface area contributed by atoms with E-state index in [0.29, 0.717) is 16.6 Å². The molecule has 2 N–H and O–H groups in total. The van der Waals surface area contributed by atoms with Gasteiger partial charge in [0.05, 0.1) is 23.4 Å². The van der Waals surface area contributed by atoms with Gasteiger partial charge in [-0.05, 0) is 29.5 Å². The number of nitrogens with zero attached hydrogens (tertiary/aromatic N) is 3. The maximum atomic E-state index is 14.1. The lowest BCUT2D eigenvalue weighted by Gasteiger charge is -2.29. The quantitative estimate of drug-likeness (QED) is 0.588. The normalized spacial score (nSPS) is 14.0. The number of aryl methyl sites for hydroxylation is 1. The fourth-order valence-corrected chi connectivity index (χ4v) is 2.69. The van der Waals surface area contributed by atoms with Crippen LogP contribution < -0.4 is 5.73 Å². The van der Waals surface area contributed by atoms with Crippen molar-refractivity contribution in [1.29, 1.82) is 0 Å². The van der Waals surface area contributed by atoms with Gasteiger partial charge in [0.25, 0.3) is 6.43 Å². The van der Waals surface area contributed by atoms with Crippen molar-refractivity contribution in [2.75, 3.05) is 0 Å². The summed E-state index contributed by atoms with van der Waals surface area (Å²) in [6, 6.07) is 4.74. The van der Waals surface area contributed by atoms with Crippen molar-refractivity contribution in [3.8, 4) is 0 Å². The molecule has 0 bridgehead atoms. The number of benzene rings is 1. The highest BCUT2D eigenvalue weighted by molar-refractivity contribution is 9.10. The molecule has 130 valence electrons. The molecule has 0 aliphatic rings. The van der Waals surface area contributed by atoms with Crippen LogP contribution in [-0.2, 0) is 18.5 Å². The smallest absolute Gasteiger partial charge is 0.358 e. The molecule has 24 heavy (non-hydrogen) atoms. The fraction of sp³-hybridized carbons (Fsp3) is 0.357. The molecule has 6 nitrogen and oxygen atoms in total. The predicted molar refractivity (Wildman–Crippen MR) is 84.2 cm³/mol. The van der Waals surface area contributed by atoms with Crippen LogP contribution in [0.4, 0.5) is 19.0 Å². The Bertz CT molecular complexity index is 768. The highest BCUT2D eigenvalue weighted by atomic mass is 79.9.